The van der Waals surface area contributed by atoms with Gasteiger partial charge in [0, 0.05) is 6.54 Å². The second-order valence-electron chi connectivity index (χ2n) is 1.85. The smallest absolute Gasteiger partial charge is 0.320 e. The van der Waals surface area contributed by atoms with Crippen molar-refractivity contribution < 1.29 is 5.11 Å². The van der Waals surface area contributed by atoms with Gasteiger partial charge in [0.25, 0.3) is 0 Å². The molecule has 1 rings (SSSR count). The summed E-state index contributed by atoms with van der Waals surface area (Å²) in [5.74, 6) is 0.297. The van der Waals surface area contributed by atoms with Crippen LogP contribution in [0.1, 0.15) is 6.92 Å². The van der Waals surface area contributed by atoms with E-state index in [-0.39, 0.29) is 17.9 Å². The summed E-state index contributed by atoms with van der Waals surface area (Å²) in [5, 5.41) is 11.6. The van der Waals surface area contributed by atoms with Crippen LogP contribution in [0.3, 0.4) is 0 Å². The van der Waals surface area contributed by atoms with Crippen LogP contribution in [0.15, 0.2) is 0 Å². The zero-order chi connectivity index (χ0) is 8.27. The van der Waals surface area contributed by atoms with Crippen LogP contribution in [0, 0.1) is 0 Å². The fraction of sp³-hybridized carbons (Fsp3) is 0.400. The third-order valence-corrected chi connectivity index (χ3v) is 0.976. The highest BCUT2D eigenvalue weighted by Crippen LogP contribution is 2.05. The van der Waals surface area contributed by atoms with Gasteiger partial charge >= 0.3 is 6.01 Å². The number of rotatable bonds is 2. The monoisotopic (exact) mass is 155 g/mol. The minimum Gasteiger partial charge on any atom is -0.479 e. The second kappa shape index (κ2) is 3.00. The van der Waals surface area contributed by atoms with E-state index in [4.69, 9.17) is 10.8 Å². The Balaban J connectivity index is 2.89. The van der Waals surface area contributed by atoms with Crippen molar-refractivity contribution >= 4 is 11.9 Å². The Bertz CT molecular complexity index is 230. The Morgan fingerprint density at radius 3 is 2.73 bits per heavy atom. The molecule has 0 aliphatic rings. The number of hydrogen-bond donors (Lipinski definition) is 3. The largest absolute Gasteiger partial charge is 0.479 e. The average molecular weight is 155 g/mol. The third kappa shape index (κ3) is 1.92. The maximum absolute atomic E-state index is 8.84. The predicted molar refractivity (Wildman–Crippen MR) is 40.1 cm³/mol. The SMILES string of the molecule is CCNc1nc(N)nc(O)n1. The predicted octanol–water partition coefficient (Wildman–Crippen LogP) is -0.409. The molecular formula is C5H9N5O. The van der Waals surface area contributed by atoms with Crippen LogP contribution in [-0.2, 0) is 0 Å². The molecule has 0 saturated heterocycles. The number of aromatic nitrogens is 3. The maximum Gasteiger partial charge on any atom is 0.320 e. The summed E-state index contributed by atoms with van der Waals surface area (Å²) in [4.78, 5) is 10.7. The standard InChI is InChI=1S/C5H9N5O/c1-2-7-4-8-3(6)9-5(11)10-4/h2H2,1H3,(H4,6,7,8,9,10,11). The summed E-state index contributed by atoms with van der Waals surface area (Å²) in [6.45, 7) is 2.56. The molecule has 0 aromatic carbocycles. The van der Waals surface area contributed by atoms with E-state index < -0.39 is 0 Å². The van der Waals surface area contributed by atoms with Gasteiger partial charge in [-0.1, -0.05) is 0 Å². The van der Waals surface area contributed by atoms with E-state index >= 15 is 0 Å². The first-order valence-electron chi connectivity index (χ1n) is 3.16. The summed E-state index contributed by atoms with van der Waals surface area (Å²) < 4.78 is 0. The molecule has 0 fully saturated rings. The lowest BCUT2D eigenvalue weighted by atomic mass is 10.7. The first kappa shape index (κ1) is 7.52. The zero-order valence-corrected chi connectivity index (χ0v) is 6.07. The molecule has 0 spiro atoms. The van der Waals surface area contributed by atoms with Crippen molar-refractivity contribution in [1.29, 1.82) is 0 Å². The van der Waals surface area contributed by atoms with E-state index in [9.17, 15) is 0 Å². The number of aromatic hydroxyl groups is 1. The van der Waals surface area contributed by atoms with Crippen molar-refractivity contribution in [2.75, 3.05) is 17.6 Å². The van der Waals surface area contributed by atoms with Gasteiger partial charge < -0.3 is 16.2 Å². The van der Waals surface area contributed by atoms with Crippen molar-refractivity contribution in [3.05, 3.63) is 0 Å². The first-order chi connectivity index (χ1) is 5.22. The molecular weight excluding hydrogens is 146 g/mol. The minimum absolute atomic E-state index is 0.00782. The summed E-state index contributed by atoms with van der Waals surface area (Å²) in [7, 11) is 0. The molecule has 1 aromatic rings. The van der Waals surface area contributed by atoms with E-state index in [1.165, 1.54) is 0 Å². The van der Waals surface area contributed by atoms with Crippen LogP contribution in [-0.4, -0.2) is 26.6 Å². The number of nitrogen functional groups attached to an aromatic ring is 1. The average Bonchev–Trinajstić information content (AvgIpc) is 1.85. The number of hydrogen-bond acceptors (Lipinski definition) is 6. The molecule has 0 radical (unpaired) electrons. The lowest BCUT2D eigenvalue weighted by Crippen LogP contribution is -2.05. The lowest BCUT2D eigenvalue weighted by Gasteiger charge is -2.00. The highest BCUT2D eigenvalue weighted by atomic mass is 16.3. The van der Waals surface area contributed by atoms with Gasteiger partial charge in [-0.05, 0) is 6.92 Å². The Labute approximate surface area is 63.5 Å². The molecule has 0 aliphatic carbocycles. The third-order valence-electron chi connectivity index (χ3n) is 0.976. The molecule has 6 heteroatoms. The van der Waals surface area contributed by atoms with E-state index in [0.29, 0.717) is 6.54 Å². The van der Waals surface area contributed by atoms with E-state index in [1.807, 2.05) is 6.92 Å². The van der Waals surface area contributed by atoms with Gasteiger partial charge in [-0.2, -0.15) is 15.0 Å². The summed E-state index contributed by atoms with van der Waals surface area (Å²) in [6, 6.07) is -0.367. The normalized spacial score (nSPS) is 9.55. The number of nitrogens with two attached hydrogens (primary N) is 1. The van der Waals surface area contributed by atoms with E-state index in [0.717, 1.165) is 0 Å². The Morgan fingerprint density at radius 2 is 2.18 bits per heavy atom. The van der Waals surface area contributed by atoms with Crippen LogP contribution in [0.4, 0.5) is 11.9 Å². The molecule has 0 aliphatic heterocycles. The molecule has 60 valence electrons. The Hall–Kier alpha value is -1.59. The Kier molecular flexibility index (Phi) is 2.05. The molecule has 0 saturated carbocycles. The maximum atomic E-state index is 8.84. The van der Waals surface area contributed by atoms with Crippen LogP contribution in [0.2, 0.25) is 0 Å². The highest BCUT2D eigenvalue weighted by Gasteiger charge is 1.99. The fourth-order valence-electron chi connectivity index (χ4n) is 0.618. The van der Waals surface area contributed by atoms with Gasteiger partial charge in [0.15, 0.2) is 0 Å². The molecule has 0 unspecified atom stereocenters. The molecule has 0 bridgehead atoms. The van der Waals surface area contributed by atoms with Crippen LogP contribution in [0.5, 0.6) is 6.01 Å². The molecule has 4 N–H and O–H groups in total. The van der Waals surface area contributed by atoms with Gasteiger partial charge in [0.2, 0.25) is 11.9 Å². The van der Waals surface area contributed by atoms with Crippen molar-refractivity contribution in [3.63, 3.8) is 0 Å². The molecule has 0 atom stereocenters. The van der Waals surface area contributed by atoms with Crippen molar-refractivity contribution in [2.24, 2.45) is 0 Å². The van der Waals surface area contributed by atoms with Gasteiger partial charge in [0.1, 0.15) is 0 Å². The molecule has 6 nitrogen and oxygen atoms in total. The molecule has 11 heavy (non-hydrogen) atoms. The lowest BCUT2D eigenvalue weighted by molar-refractivity contribution is 0.430. The van der Waals surface area contributed by atoms with Gasteiger partial charge in [-0.25, -0.2) is 0 Å². The Morgan fingerprint density at radius 1 is 1.45 bits per heavy atom. The van der Waals surface area contributed by atoms with Crippen LogP contribution < -0.4 is 11.1 Å². The van der Waals surface area contributed by atoms with Crippen LogP contribution >= 0.6 is 0 Å². The van der Waals surface area contributed by atoms with Crippen LogP contribution in [0.25, 0.3) is 0 Å². The van der Waals surface area contributed by atoms with Gasteiger partial charge in [-0.3, -0.25) is 0 Å². The number of nitrogens with one attached hydrogen (secondary N) is 1. The summed E-state index contributed by atoms with van der Waals surface area (Å²) in [6.07, 6.45) is 0. The van der Waals surface area contributed by atoms with Gasteiger partial charge in [0.05, 0.1) is 0 Å². The van der Waals surface area contributed by atoms with Crippen molar-refractivity contribution in [1.82, 2.24) is 15.0 Å². The highest BCUT2D eigenvalue weighted by molar-refractivity contribution is 5.31. The quantitative estimate of drug-likeness (QED) is 0.537. The topological polar surface area (TPSA) is 97.0 Å². The van der Waals surface area contributed by atoms with Crippen molar-refractivity contribution in [2.45, 2.75) is 6.92 Å². The number of nitrogens with zero attached hydrogens (tertiary/aromatic N) is 3. The summed E-state index contributed by atoms with van der Waals surface area (Å²) >= 11 is 0. The van der Waals surface area contributed by atoms with Gasteiger partial charge in [-0.15, -0.1) is 0 Å². The molecule has 1 heterocycles. The van der Waals surface area contributed by atoms with E-state index in [1.54, 1.807) is 0 Å². The minimum atomic E-state index is -0.367. The number of anilines is 2. The van der Waals surface area contributed by atoms with E-state index in [2.05, 4.69) is 20.3 Å². The zero-order valence-electron chi connectivity index (χ0n) is 6.07. The molecule has 1 aromatic heterocycles. The fourth-order valence-corrected chi connectivity index (χ4v) is 0.618. The molecule has 0 amide bonds. The van der Waals surface area contributed by atoms with Crippen molar-refractivity contribution in [3.8, 4) is 6.01 Å². The second-order valence-corrected chi connectivity index (χ2v) is 1.85. The summed E-state index contributed by atoms with van der Waals surface area (Å²) in [5.41, 5.74) is 5.23. The first-order valence-corrected chi connectivity index (χ1v) is 3.16.